The standard InChI is InChI=1S/C2H8N2.Cl3O2P.H3O4P/c3-1-2-4;1-5-6(2,3)4;1-5(2,3)4/h1-4H2;;(H3,1,2,3,4). The summed E-state index contributed by atoms with van der Waals surface area (Å²) in [7, 11) is -4.64. The molecule has 0 spiro atoms. The Labute approximate surface area is 101 Å². The highest BCUT2D eigenvalue weighted by atomic mass is 35.9. The second-order valence-corrected chi connectivity index (χ2v) is 7.17. The van der Waals surface area contributed by atoms with Gasteiger partial charge in [-0.1, -0.05) is 0 Å². The van der Waals surface area contributed by atoms with Gasteiger partial charge >= 0.3 is 13.9 Å². The highest BCUT2D eigenvalue weighted by Crippen LogP contribution is 2.58. The van der Waals surface area contributed by atoms with Gasteiger partial charge in [-0.3, -0.25) is 4.57 Å². The van der Waals surface area contributed by atoms with Crippen LogP contribution < -0.4 is 11.5 Å². The molecule has 0 bridgehead atoms. The van der Waals surface area contributed by atoms with E-state index in [1.165, 1.54) is 0 Å². The van der Waals surface area contributed by atoms with Gasteiger partial charge in [0.05, 0.1) is 11.9 Å². The quantitative estimate of drug-likeness (QED) is 0.464. The summed E-state index contributed by atoms with van der Waals surface area (Å²) in [5.74, 6) is 0. The van der Waals surface area contributed by atoms with Crippen molar-refractivity contribution in [2.75, 3.05) is 13.1 Å². The van der Waals surface area contributed by atoms with Crippen LogP contribution in [0.15, 0.2) is 0 Å². The maximum Gasteiger partial charge on any atom is 0.466 e. The van der Waals surface area contributed by atoms with Crippen LogP contribution in [0.3, 0.4) is 0 Å². The molecule has 13 heteroatoms. The minimum Gasteiger partial charge on any atom is -0.329 e. The SMILES string of the molecule is NCCN.O=P(Cl)(Cl)OCl.O=P(O)(O)O. The van der Waals surface area contributed by atoms with Gasteiger partial charge in [0, 0.05) is 13.1 Å². The van der Waals surface area contributed by atoms with Gasteiger partial charge < -0.3 is 26.1 Å². The molecule has 0 saturated heterocycles. The van der Waals surface area contributed by atoms with Crippen LogP contribution in [0.4, 0.5) is 0 Å². The summed E-state index contributed by atoms with van der Waals surface area (Å²) >= 11 is 13.8. The fourth-order valence-corrected chi connectivity index (χ4v) is 0. The lowest BCUT2D eigenvalue weighted by Crippen LogP contribution is -2.11. The second-order valence-electron chi connectivity index (χ2n) is 1.57. The van der Waals surface area contributed by atoms with Crippen LogP contribution >= 0.6 is 48.2 Å². The Hall–Kier alpha value is 1.09. The van der Waals surface area contributed by atoms with Crippen molar-refractivity contribution in [3.05, 3.63) is 0 Å². The molecule has 0 aromatic carbocycles. The third kappa shape index (κ3) is 99.8. The van der Waals surface area contributed by atoms with Gasteiger partial charge in [-0.2, -0.15) is 4.08 Å². The molecule has 96 valence electrons. The largest absolute Gasteiger partial charge is 0.466 e. The lowest BCUT2D eigenvalue weighted by molar-refractivity contribution is 0.275. The highest BCUT2D eigenvalue weighted by molar-refractivity contribution is 8.05. The number of hydrogen-bond acceptors (Lipinski definition) is 5. The molecule has 0 fully saturated rings. The molecule has 0 saturated carbocycles. The van der Waals surface area contributed by atoms with E-state index < -0.39 is 13.9 Å². The first-order valence-corrected chi connectivity index (χ1v) is 8.27. The molecular weight excluding hydrogens is 316 g/mol. The van der Waals surface area contributed by atoms with Crippen molar-refractivity contribution in [3.8, 4) is 0 Å². The predicted octanol–water partition coefficient (Wildman–Crippen LogP) is 0.718. The Morgan fingerprint density at radius 3 is 1.20 bits per heavy atom. The summed E-state index contributed by atoms with van der Waals surface area (Å²) in [6, 6.07) is 0. The number of phosphoric acid groups is 1. The van der Waals surface area contributed by atoms with Crippen molar-refractivity contribution in [1.82, 2.24) is 0 Å². The maximum atomic E-state index is 9.76. The first-order chi connectivity index (χ1) is 6.47. The van der Waals surface area contributed by atoms with Crippen molar-refractivity contribution in [1.29, 1.82) is 0 Å². The Bertz CT molecular complexity index is 206. The number of nitrogens with two attached hydrogens (primary N) is 2. The maximum absolute atomic E-state index is 9.76. The van der Waals surface area contributed by atoms with Gasteiger partial charge in [-0.15, -0.1) is 0 Å². The average Bonchev–Trinajstić information content (AvgIpc) is 2.01. The van der Waals surface area contributed by atoms with Crippen molar-refractivity contribution in [3.63, 3.8) is 0 Å². The molecule has 0 unspecified atom stereocenters. The zero-order valence-electron chi connectivity index (χ0n) is 7.16. The van der Waals surface area contributed by atoms with E-state index in [1.807, 2.05) is 0 Å². The second kappa shape index (κ2) is 11.6. The van der Waals surface area contributed by atoms with E-state index >= 15 is 0 Å². The molecule has 0 atom stereocenters. The molecule has 0 amide bonds. The van der Waals surface area contributed by atoms with Crippen LogP contribution in [0.5, 0.6) is 0 Å². The van der Waals surface area contributed by atoms with Crippen LogP contribution in [0.25, 0.3) is 0 Å². The third-order valence-corrected chi connectivity index (χ3v) is 1.83. The summed E-state index contributed by atoms with van der Waals surface area (Å²) in [5, 5.41) is 0. The van der Waals surface area contributed by atoms with E-state index in [-0.39, 0.29) is 0 Å². The lowest BCUT2D eigenvalue weighted by Gasteiger charge is -1.86. The molecule has 0 aromatic rings. The number of hydrogen-bond donors (Lipinski definition) is 5. The first-order valence-electron chi connectivity index (χ1n) is 2.96. The van der Waals surface area contributed by atoms with Crippen LogP contribution in [-0.4, -0.2) is 27.8 Å². The molecular formula is C2H11Cl3N2O6P2. The summed E-state index contributed by atoms with van der Waals surface area (Å²) in [6.07, 6.45) is -3.44. The van der Waals surface area contributed by atoms with E-state index in [1.54, 1.807) is 0 Å². The Kier molecular flexibility index (Phi) is 16.5. The van der Waals surface area contributed by atoms with Gasteiger partial charge in [0.1, 0.15) is 0 Å². The van der Waals surface area contributed by atoms with Gasteiger partial charge in [0.15, 0.2) is 0 Å². The third-order valence-electron chi connectivity index (χ3n) is 0.247. The van der Waals surface area contributed by atoms with Crippen LogP contribution in [0.1, 0.15) is 0 Å². The predicted molar refractivity (Wildman–Crippen MR) is 58.6 cm³/mol. The smallest absolute Gasteiger partial charge is 0.329 e. The van der Waals surface area contributed by atoms with Crippen LogP contribution in [-0.2, 0) is 13.2 Å². The Balaban J connectivity index is -0.000000147. The molecule has 7 N–H and O–H groups in total. The van der Waals surface area contributed by atoms with Crippen molar-refractivity contribution in [2.24, 2.45) is 11.5 Å². The van der Waals surface area contributed by atoms with E-state index in [4.69, 9.17) is 30.7 Å². The number of rotatable bonds is 2. The number of halogens is 3. The van der Waals surface area contributed by atoms with Crippen molar-refractivity contribution >= 4 is 48.2 Å². The van der Waals surface area contributed by atoms with E-state index in [0.717, 1.165) is 0 Å². The van der Waals surface area contributed by atoms with E-state index in [9.17, 15) is 4.57 Å². The topological polar surface area (TPSA) is 156 Å². The minimum absolute atomic E-state index is 0.597. The lowest BCUT2D eigenvalue weighted by atomic mass is 10.7. The zero-order chi connectivity index (χ0) is 13.1. The molecule has 0 rings (SSSR count). The molecule has 0 aliphatic rings. The molecule has 0 radical (unpaired) electrons. The summed E-state index contributed by atoms with van der Waals surface area (Å²) in [6.45, 7) is 1.19. The summed E-state index contributed by atoms with van der Waals surface area (Å²) < 4.78 is 22.1. The minimum atomic E-state index is -4.64. The van der Waals surface area contributed by atoms with Crippen LogP contribution in [0, 0.1) is 0 Å². The van der Waals surface area contributed by atoms with E-state index in [2.05, 4.69) is 38.4 Å². The van der Waals surface area contributed by atoms with Gasteiger partial charge in [0.2, 0.25) is 0 Å². The highest BCUT2D eigenvalue weighted by Gasteiger charge is 2.11. The molecule has 0 aromatic heterocycles. The van der Waals surface area contributed by atoms with Gasteiger partial charge in [-0.25, -0.2) is 4.57 Å². The van der Waals surface area contributed by atoms with Crippen LogP contribution in [0.2, 0.25) is 0 Å². The Morgan fingerprint density at radius 1 is 1.07 bits per heavy atom. The Morgan fingerprint density at radius 2 is 1.20 bits per heavy atom. The molecule has 0 aliphatic carbocycles. The van der Waals surface area contributed by atoms with Gasteiger partial charge in [0.25, 0.3) is 0 Å². The fourth-order valence-electron chi connectivity index (χ4n) is 0. The average molecular weight is 327 g/mol. The molecule has 0 heterocycles. The molecule has 0 aliphatic heterocycles. The van der Waals surface area contributed by atoms with Gasteiger partial charge in [-0.05, 0) is 22.5 Å². The van der Waals surface area contributed by atoms with Crippen molar-refractivity contribution in [2.45, 2.75) is 0 Å². The first kappa shape index (κ1) is 21.4. The summed E-state index contributed by atoms with van der Waals surface area (Å²) in [4.78, 5) is 21.6. The fraction of sp³-hybridized carbons (Fsp3) is 1.00. The molecule has 15 heavy (non-hydrogen) atoms. The zero-order valence-corrected chi connectivity index (χ0v) is 11.2. The van der Waals surface area contributed by atoms with Crippen molar-refractivity contribution < 1.29 is 27.9 Å². The molecule has 8 nitrogen and oxygen atoms in total. The van der Waals surface area contributed by atoms with E-state index in [0.29, 0.717) is 13.1 Å². The summed E-state index contributed by atoms with van der Waals surface area (Å²) in [5.41, 5.74) is 9.81. The normalized spacial score (nSPS) is 10.7. The monoisotopic (exact) mass is 326 g/mol.